The summed E-state index contributed by atoms with van der Waals surface area (Å²) in [5.74, 6) is -2.88. The molecule has 0 unspecified atom stereocenters. The van der Waals surface area contributed by atoms with E-state index in [-0.39, 0.29) is 5.69 Å². The Balaban J connectivity index is 2.51. The maximum atomic E-state index is 13.2. The SMILES string of the molecule is CC(F)(F)c1ccnn1-c1ccccc1. The van der Waals surface area contributed by atoms with E-state index in [9.17, 15) is 8.78 Å². The van der Waals surface area contributed by atoms with Crippen LogP contribution in [0.5, 0.6) is 0 Å². The first kappa shape index (κ1) is 9.83. The van der Waals surface area contributed by atoms with Crippen LogP contribution in [0.25, 0.3) is 5.69 Å². The molecule has 0 saturated heterocycles. The molecular weight excluding hydrogens is 198 g/mol. The fourth-order valence-electron chi connectivity index (χ4n) is 1.41. The number of hydrogen-bond donors (Lipinski definition) is 0. The summed E-state index contributed by atoms with van der Waals surface area (Å²) in [6.45, 7) is 0.865. The molecule has 0 radical (unpaired) electrons. The van der Waals surface area contributed by atoms with Gasteiger partial charge in [0.15, 0.2) is 0 Å². The van der Waals surface area contributed by atoms with Gasteiger partial charge in [-0.05, 0) is 18.2 Å². The van der Waals surface area contributed by atoms with Crippen LogP contribution in [0, 0.1) is 0 Å². The first-order valence-electron chi connectivity index (χ1n) is 4.57. The Hall–Kier alpha value is -1.71. The maximum Gasteiger partial charge on any atom is 0.287 e. The molecule has 78 valence electrons. The van der Waals surface area contributed by atoms with Crippen molar-refractivity contribution in [3.8, 4) is 5.69 Å². The Morgan fingerprint density at radius 3 is 2.40 bits per heavy atom. The third-order valence-electron chi connectivity index (χ3n) is 2.09. The van der Waals surface area contributed by atoms with Crippen molar-refractivity contribution >= 4 is 0 Å². The van der Waals surface area contributed by atoms with E-state index in [0.29, 0.717) is 5.69 Å². The molecule has 0 aliphatic heterocycles. The largest absolute Gasteiger partial charge is 0.287 e. The molecule has 0 bridgehead atoms. The maximum absolute atomic E-state index is 13.2. The second kappa shape index (κ2) is 3.46. The number of alkyl halides is 2. The molecule has 1 heterocycles. The van der Waals surface area contributed by atoms with Gasteiger partial charge in [0.2, 0.25) is 0 Å². The van der Waals surface area contributed by atoms with Gasteiger partial charge < -0.3 is 0 Å². The third-order valence-corrected chi connectivity index (χ3v) is 2.09. The molecule has 0 fully saturated rings. The van der Waals surface area contributed by atoms with Gasteiger partial charge in [-0.25, -0.2) is 4.68 Å². The van der Waals surface area contributed by atoms with Crippen molar-refractivity contribution in [2.75, 3.05) is 0 Å². The molecule has 0 aliphatic carbocycles. The molecule has 2 rings (SSSR count). The molecule has 15 heavy (non-hydrogen) atoms. The van der Waals surface area contributed by atoms with E-state index in [1.54, 1.807) is 24.3 Å². The Bertz CT molecular complexity index is 443. The van der Waals surface area contributed by atoms with Gasteiger partial charge in [0, 0.05) is 13.1 Å². The highest BCUT2D eigenvalue weighted by molar-refractivity contribution is 5.33. The van der Waals surface area contributed by atoms with Crippen LogP contribution in [0.4, 0.5) is 8.78 Å². The van der Waals surface area contributed by atoms with Crippen LogP contribution in [-0.2, 0) is 5.92 Å². The van der Waals surface area contributed by atoms with E-state index in [1.165, 1.54) is 16.9 Å². The molecule has 0 amide bonds. The normalized spacial score (nSPS) is 11.7. The standard InChI is InChI=1S/C11H10F2N2/c1-11(12,13)10-7-8-14-15(10)9-5-3-2-4-6-9/h2-8H,1H3. The highest BCUT2D eigenvalue weighted by atomic mass is 19.3. The first-order valence-corrected chi connectivity index (χ1v) is 4.57. The number of rotatable bonds is 2. The second-order valence-corrected chi connectivity index (χ2v) is 3.35. The molecule has 0 N–H and O–H groups in total. The van der Waals surface area contributed by atoms with Crippen molar-refractivity contribution in [1.29, 1.82) is 0 Å². The summed E-state index contributed by atoms with van der Waals surface area (Å²) in [5, 5.41) is 3.89. The van der Waals surface area contributed by atoms with Crippen molar-refractivity contribution in [2.45, 2.75) is 12.8 Å². The fraction of sp³-hybridized carbons (Fsp3) is 0.182. The molecular formula is C11H10F2N2. The lowest BCUT2D eigenvalue weighted by molar-refractivity contribution is 0.0102. The van der Waals surface area contributed by atoms with E-state index in [1.807, 2.05) is 6.07 Å². The van der Waals surface area contributed by atoms with E-state index >= 15 is 0 Å². The topological polar surface area (TPSA) is 17.8 Å². The minimum atomic E-state index is -2.88. The molecule has 0 saturated carbocycles. The number of hydrogen-bond acceptors (Lipinski definition) is 1. The Labute approximate surface area is 86.2 Å². The molecule has 2 aromatic rings. The summed E-state index contributed by atoms with van der Waals surface area (Å²) in [6, 6.07) is 10.2. The quantitative estimate of drug-likeness (QED) is 0.741. The average Bonchev–Trinajstić information content (AvgIpc) is 2.67. The van der Waals surface area contributed by atoms with Crippen LogP contribution in [0.15, 0.2) is 42.6 Å². The Morgan fingerprint density at radius 1 is 1.13 bits per heavy atom. The van der Waals surface area contributed by atoms with Crippen molar-refractivity contribution in [1.82, 2.24) is 9.78 Å². The molecule has 0 spiro atoms. The fourth-order valence-corrected chi connectivity index (χ4v) is 1.41. The van der Waals surface area contributed by atoms with Gasteiger partial charge in [0.25, 0.3) is 5.92 Å². The van der Waals surface area contributed by atoms with E-state index in [2.05, 4.69) is 5.10 Å². The van der Waals surface area contributed by atoms with Crippen LogP contribution in [0.2, 0.25) is 0 Å². The van der Waals surface area contributed by atoms with E-state index in [4.69, 9.17) is 0 Å². The summed E-state index contributed by atoms with van der Waals surface area (Å²) in [7, 11) is 0. The van der Waals surface area contributed by atoms with Gasteiger partial charge in [0.05, 0.1) is 5.69 Å². The number of aromatic nitrogens is 2. The van der Waals surface area contributed by atoms with Crippen LogP contribution in [0.1, 0.15) is 12.6 Å². The van der Waals surface area contributed by atoms with Gasteiger partial charge in [-0.15, -0.1) is 0 Å². The number of benzene rings is 1. The summed E-state index contributed by atoms with van der Waals surface area (Å²) in [4.78, 5) is 0. The molecule has 0 atom stereocenters. The van der Waals surface area contributed by atoms with Gasteiger partial charge >= 0.3 is 0 Å². The van der Waals surface area contributed by atoms with E-state index in [0.717, 1.165) is 6.92 Å². The lowest BCUT2D eigenvalue weighted by Gasteiger charge is -2.12. The van der Waals surface area contributed by atoms with Crippen molar-refractivity contribution in [3.63, 3.8) is 0 Å². The van der Waals surface area contributed by atoms with Crippen LogP contribution in [0.3, 0.4) is 0 Å². The Morgan fingerprint density at radius 2 is 1.80 bits per heavy atom. The zero-order chi connectivity index (χ0) is 10.9. The molecule has 1 aromatic carbocycles. The second-order valence-electron chi connectivity index (χ2n) is 3.35. The molecule has 0 aliphatic rings. The number of nitrogens with zero attached hydrogens (tertiary/aromatic N) is 2. The minimum absolute atomic E-state index is 0.103. The molecule has 2 nitrogen and oxygen atoms in total. The predicted molar refractivity (Wildman–Crippen MR) is 53.1 cm³/mol. The first-order chi connectivity index (χ1) is 7.09. The summed E-state index contributed by atoms with van der Waals surface area (Å²) >= 11 is 0. The van der Waals surface area contributed by atoms with Crippen LogP contribution < -0.4 is 0 Å². The number of para-hydroxylation sites is 1. The Kier molecular flexibility index (Phi) is 2.26. The monoisotopic (exact) mass is 208 g/mol. The van der Waals surface area contributed by atoms with Gasteiger partial charge in [-0.2, -0.15) is 13.9 Å². The third kappa shape index (κ3) is 1.88. The smallest absolute Gasteiger partial charge is 0.232 e. The minimum Gasteiger partial charge on any atom is -0.232 e. The summed E-state index contributed by atoms with van der Waals surface area (Å²) in [5.41, 5.74) is 0.535. The highest BCUT2D eigenvalue weighted by Gasteiger charge is 2.28. The zero-order valence-electron chi connectivity index (χ0n) is 8.19. The summed E-state index contributed by atoms with van der Waals surface area (Å²) in [6.07, 6.45) is 1.37. The highest BCUT2D eigenvalue weighted by Crippen LogP contribution is 2.28. The molecule has 1 aromatic heterocycles. The number of halogens is 2. The molecule has 4 heteroatoms. The summed E-state index contributed by atoms with van der Waals surface area (Å²) < 4.78 is 27.6. The van der Waals surface area contributed by atoms with Gasteiger partial charge in [-0.3, -0.25) is 0 Å². The van der Waals surface area contributed by atoms with Gasteiger partial charge in [0.1, 0.15) is 5.69 Å². The van der Waals surface area contributed by atoms with E-state index < -0.39 is 5.92 Å². The van der Waals surface area contributed by atoms with Crippen LogP contribution >= 0.6 is 0 Å². The predicted octanol–water partition coefficient (Wildman–Crippen LogP) is 2.98. The zero-order valence-corrected chi connectivity index (χ0v) is 8.19. The lowest BCUT2D eigenvalue weighted by Crippen LogP contribution is -2.14. The van der Waals surface area contributed by atoms with Gasteiger partial charge in [-0.1, -0.05) is 18.2 Å². The van der Waals surface area contributed by atoms with Crippen molar-refractivity contribution < 1.29 is 8.78 Å². The average molecular weight is 208 g/mol. The van der Waals surface area contributed by atoms with Crippen LogP contribution in [-0.4, -0.2) is 9.78 Å². The van der Waals surface area contributed by atoms with Crippen molar-refractivity contribution in [2.24, 2.45) is 0 Å². The van der Waals surface area contributed by atoms with Crippen molar-refractivity contribution in [3.05, 3.63) is 48.3 Å². The lowest BCUT2D eigenvalue weighted by atomic mass is 10.2.